The van der Waals surface area contributed by atoms with Gasteiger partial charge in [-0.3, -0.25) is 0 Å². The van der Waals surface area contributed by atoms with Gasteiger partial charge in [0.2, 0.25) is 0 Å². The summed E-state index contributed by atoms with van der Waals surface area (Å²) in [6.07, 6.45) is 2.04. The molecule has 3 atom stereocenters. The molecule has 1 saturated heterocycles. The summed E-state index contributed by atoms with van der Waals surface area (Å²) >= 11 is 9.46. The quantitative estimate of drug-likeness (QED) is 0.807. The summed E-state index contributed by atoms with van der Waals surface area (Å²) in [6.45, 7) is 0.650. The molecule has 2 aromatic carbocycles. The van der Waals surface area contributed by atoms with Crippen molar-refractivity contribution in [3.8, 4) is 0 Å². The first-order valence-electron chi connectivity index (χ1n) is 7.65. The number of quaternary nitrogens is 1. The van der Waals surface area contributed by atoms with E-state index in [0.29, 0.717) is 17.3 Å². The third kappa shape index (κ3) is 3.91. The molecular weight excluding hydrogens is 362 g/mol. The predicted octanol–water partition coefficient (Wildman–Crippen LogP) is 2.01. The van der Waals surface area contributed by atoms with Gasteiger partial charge in [0.25, 0.3) is 0 Å². The molecule has 24 heavy (non-hydrogen) atoms. The number of hydrogen-bond donors (Lipinski definition) is 1. The van der Waals surface area contributed by atoms with E-state index in [1.54, 1.807) is 23.5 Å². The summed E-state index contributed by atoms with van der Waals surface area (Å²) in [5.74, 6) is -0.430. The predicted molar refractivity (Wildman–Crippen MR) is 98.3 cm³/mol. The van der Waals surface area contributed by atoms with Crippen LogP contribution in [0.4, 0.5) is 0 Å². The number of halogens is 1. The summed E-state index contributed by atoms with van der Waals surface area (Å²) in [6, 6.07) is 15.5. The van der Waals surface area contributed by atoms with Crippen molar-refractivity contribution in [3.05, 3.63) is 64.7 Å². The van der Waals surface area contributed by atoms with Crippen LogP contribution in [-0.4, -0.2) is 24.0 Å². The van der Waals surface area contributed by atoms with Gasteiger partial charge < -0.3 is 14.8 Å². The molecule has 0 amide bonds. The van der Waals surface area contributed by atoms with E-state index < -0.39 is 12.0 Å². The maximum Gasteiger partial charge on any atom is 0.161 e. The third-order valence-corrected chi connectivity index (χ3v) is 6.63. The number of rotatable bonds is 5. The summed E-state index contributed by atoms with van der Waals surface area (Å²) in [5, 5.41) is 12.3. The van der Waals surface area contributed by atoms with Crippen molar-refractivity contribution >= 4 is 41.1 Å². The summed E-state index contributed by atoms with van der Waals surface area (Å²) in [4.78, 5) is 13.8. The monoisotopic (exact) mass is 379 g/mol. The number of thioether (sulfide) groups is 2. The van der Waals surface area contributed by atoms with Gasteiger partial charge in [-0.05, 0) is 30.5 Å². The fourth-order valence-corrected chi connectivity index (χ4v) is 5.13. The van der Waals surface area contributed by atoms with E-state index in [4.69, 9.17) is 11.6 Å². The molecule has 0 aliphatic carbocycles. The molecule has 1 aliphatic heterocycles. The molecule has 1 N–H and O–H groups in total. The van der Waals surface area contributed by atoms with Gasteiger partial charge in [-0.2, -0.15) is 0 Å². The van der Waals surface area contributed by atoms with Crippen molar-refractivity contribution < 1.29 is 14.8 Å². The summed E-state index contributed by atoms with van der Waals surface area (Å²) < 4.78 is 0. The van der Waals surface area contributed by atoms with E-state index in [2.05, 4.69) is 24.3 Å². The van der Waals surface area contributed by atoms with E-state index in [9.17, 15) is 9.90 Å². The first kappa shape index (κ1) is 17.7. The number of nitrogens with one attached hydrogen (secondary N) is 1. The Kier molecular flexibility index (Phi) is 5.76. The van der Waals surface area contributed by atoms with E-state index in [-0.39, 0.29) is 5.37 Å². The lowest BCUT2D eigenvalue weighted by Crippen LogP contribution is -3.14. The molecule has 0 spiro atoms. The molecule has 3 nitrogen and oxygen atoms in total. The van der Waals surface area contributed by atoms with Crippen LogP contribution in [0.15, 0.2) is 53.4 Å². The molecule has 0 saturated carbocycles. The Hall–Kier alpha value is -1.14. The van der Waals surface area contributed by atoms with Crippen molar-refractivity contribution in [2.75, 3.05) is 12.0 Å². The average molecular weight is 380 g/mol. The fraction of sp³-hybridized carbons (Fsp3) is 0.278. The van der Waals surface area contributed by atoms with Crippen LogP contribution in [-0.2, 0) is 11.3 Å². The van der Waals surface area contributed by atoms with Crippen LogP contribution in [0, 0.1) is 0 Å². The highest BCUT2D eigenvalue weighted by Crippen LogP contribution is 2.30. The standard InChI is InChI=1S/C18H18ClNO2S2/c1-23-15-7-5-12(6-8-15)10-20-16(18(21)22)11-24-17(20)13-3-2-4-14(19)9-13/h2-9,16-17H,10-11H2,1H3,(H,21,22)/t16-,17+/m0/s1. The molecule has 1 unspecified atom stereocenters. The first-order valence-corrected chi connectivity index (χ1v) is 10.3. The normalized spacial score (nSPS) is 23.3. The lowest BCUT2D eigenvalue weighted by Gasteiger charge is -2.27. The number of carboxylic acid groups (broad SMARTS) is 1. The zero-order valence-corrected chi connectivity index (χ0v) is 15.6. The topological polar surface area (TPSA) is 44.6 Å². The van der Waals surface area contributed by atoms with Crippen molar-refractivity contribution in [1.82, 2.24) is 0 Å². The Morgan fingerprint density at radius 1 is 1.33 bits per heavy atom. The second-order valence-corrected chi connectivity index (χ2v) is 8.19. The van der Waals surface area contributed by atoms with Crippen molar-refractivity contribution in [3.63, 3.8) is 0 Å². The van der Waals surface area contributed by atoms with Gasteiger partial charge in [-0.25, -0.2) is 0 Å². The van der Waals surface area contributed by atoms with Gasteiger partial charge in [0.1, 0.15) is 18.6 Å². The maximum absolute atomic E-state index is 11.6. The Labute approximate surface area is 155 Å². The van der Waals surface area contributed by atoms with Crippen LogP contribution in [0.25, 0.3) is 0 Å². The van der Waals surface area contributed by atoms with Crippen molar-refractivity contribution in [1.29, 1.82) is 0 Å². The maximum atomic E-state index is 11.6. The van der Waals surface area contributed by atoms with Crippen molar-refractivity contribution in [2.45, 2.75) is 22.9 Å². The molecule has 1 aliphatic rings. The molecule has 0 aromatic heterocycles. The van der Waals surface area contributed by atoms with E-state index in [0.717, 1.165) is 16.0 Å². The first-order chi connectivity index (χ1) is 11.6. The van der Waals surface area contributed by atoms with Crippen LogP contribution >= 0.6 is 35.1 Å². The van der Waals surface area contributed by atoms with Crippen LogP contribution in [0.3, 0.4) is 0 Å². The SMILES string of the molecule is CSc1ccc(C[NH+]2[C@@H](c3cccc(Cl)c3)SC[C@H]2C(=O)[O-])cc1. The average Bonchev–Trinajstić information content (AvgIpc) is 2.99. The minimum absolute atomic E-state index is 0.0480. The number of carbonyl (C=O) groups is 1. The Bertz CT molecular complexity index is 723. The minimum Gasteiger partial charge on any atom is -0.544 e. The second-order valence-electron chi connectivity index (χ2n) is 5.74. The van der Waals surface area contributed by atoms with Crippen molar-refractivity contribution in [2.24, 2.45) is 0 Å². The molecule has 1 heterocycles. The van der Waals surface area contributed by atoms with Gasteiger partial charge in [0.15, 0.2) is 5.37 Å². The smallest absolute Gasteiger partial charge is 0.161 e. The number of hydrogen-bond acceptors (Lipinski definition) is 4. The van der Waals surface area contributed by atoms with E-state index in [1.165, 1.54) is 4.90 Å². The van der Waals surface area contributed by atoms with Gasteiger partial charge in [-0.15, -0.1) is 11.8 Å². The zero-order valence-electron chi connectivity index (χ0n) is 13.2. The van der Waals surface area contributed by atoms with Gasteiger partial charge >= 0.3 is 0 Å². The fourth-order valence-electron chi connectivity index (χ4n) is 2.98. The lowest BCUT2D eigenvalue weighted by atomic mass is 10.1. The van der Waals surface area contributed by atoms with Gasteiger partial charge in [-0.1, -0.05) is 47.6 Å². The molecule has 126 valence electrons. The largest absolute Gasteiger partial charge is 0.544 e. The molecule has 6 heteroatoms. The molecular formula is C18H18ClNO2S2. The highest BCUT2D eigenvalue weighted by molar-refractivity contribution is 7.99. The minimum atomic E-state index is -0.984. The van der Waals surface area contributed by atoms with E-state index in [1.807, 2.05) is 30.5 Å². The second kappa shape index (κ2) is 7.83. The zero-order chi connectivity index (χ0) is 17.1. The van der Waals surface area contributed by atoms with Crippen LogP contribution < -0.4 is 10.0 Å². The molecule has 0 radical (unpaired) electrons. The van der Waals surface area contributed by atoms with Gasteiger partial charge in [0, 0.05) is 21.0 Å². The molecule has 1 fully saturated rings. The third-order valence-electron chi connectivity index (χ3n) is 4.22. The number of benzene rings is 2. The van der Waals surface area contributed by atoms with Crippen LogP contribution in [0.5, 0.6) is 0 Å². The summed E-state index contributed by atoms with van der Waals surface area (Å²) in [5.41, 5.74) is 2.19. The summed E-state index contributed by atoms with van der Waals surface area (Å²) in [7, 11) is 0. The van der Waals surface area contributed by atoms with E-state index >= 15 is 0 Å². The Morgan fingerprint density at radius 3 is 2.71 bits per heavy atom. The molecule has 2 aromatic rings. The lowest BCUT2D eigenvalue weighted by molar-refractivity contribution is -0.940. The highest BCUT2D eigenvalue weighted by atomic mass is 35.5. The van der Waals surface area contributed by atoms with Gasteiger partial charge in [0.05, 0.1) is 5.75 Å². The Morgan fingerprint density at radius 2 is 2.08 bits per heavy atom. The molecule has 3 rings (SSSR count). The van der Waals surface area contributed by atoms with Crippen LogP contribution in [0.2, 0.25) is 5.02 Å². The molecule has 0 bridgehead atoms. The Balaban J connectivity index is 1.87. The highest BCUT2D eigenvalue weighted by Gasteiger charge is 2.40. The number of carboxylic acids is 1. The van der Waals surface area contributed by atoms with Crippen LogP contribution in [0.1, 0.15) is 16.5 Å². The number of aliphatic carboxylic acids is 1. The number of carbonyl (C=O) groups excluding carboxylic acids is 1.